The fraction of sp³-hybridized carbons (Fsp3) is 0.359. The van der Waals surface area contributed by atoms with Crippen molar-refractivity contribution >= 4 is 22.8 Å². The summed E-state index contributed by atoms with van der Waals surface area (Å²) in [6.45, 7) is 22.0. The Kier molecular flexibility index (Phi) is 14.4. The third-order valence-electron chi connectivity index (χ3n) is 7.40. The normalized spacial score (nSPS) is 12.0. The smallest absolute Gasteiger partial charge is 0.0849 e. The minimum absolute atomic E-state index is 0. The van der Waals surface area contributed by atoms with Gasteiger partial charge in [0.25, 0.3) is 0 Å². The molecule has 1 heterocycles. The molecule has 0 bridgehead atoms. The van der Waals surface area contributed by atoms with E-state index in [4.69, 9.17) is 15.0 Å². The molecule has 0 saturated carbocycles. The van der Waals surface area contributed by atoms with Gasteiger partial charge in [-0.25, -0.2) is 4.98 Å². The number of hydrogen-bond donors (Lipinski definition) is 0. The monoisotopic (exact) mass is 657 g/mol. The second kappa shape index (κ2) is 17.2. The van der Waals surface area contributed by atoms with E-state index in [2.05, 4.69) is 112 Å². The van der Waals surface area contributed by atoms with Crippen LogP contribution in [0.4, 0.5) is 11.4 Å². The molecule has 3 aromatic carbocycles. The number of aliphatic imine (C=N–C) groups is 2. The standard InChI is InChI=1S/C33H43N3.C6H6.Mo/c1-20(2)26-14-11-15-27(21(3)4)32(26)34-24(9)30-18-13-19-31(36-30)25(10)35-33-28(22(5)6)16-12-17-29(33)23(7)8;1-2-4-6-5-3-1;/h11-23H,1-10H3;1-6H;. The van der Waals surface area contributed by atoms with E-state index in [0.717, 1.165) is 34.2 Å². The number of aromatic nitrogens is 1. The van der Waals surface area contributed by atoms with Crippen molar-refractivity contribution in [2.75, 3.05) is 0 Å². The second-order valence-electron chi connectivity index (χ2n) is 12.1. The summed E-state index contributed by atoms with van der Waals surface area (Å²) in [4.78, 5) is 15.3. The van der Waals surface area contributed by atoms with Crippen LogP contribution in [-0.4, -0.2) is 16.4 Å². The Hall–Kier alpha value is -3.16. The summed E-state index contributed by atoms with van der Waals surface area (Å²) in [7, 11) is 0. The van der Waals surface area contributed by atoms with Crippen LogP contribution in [0.3, 0.4) is 0 Å². The molecule has 0 unspecified atom stereocenters. The van der Waals surface area contributed by atoms with Crippen LogP contribution in [0.2, 0.25) is 0 Å². The predicted molar refractivity (Wildman–Crippen MR) is 184 cm³/mol. The first-order valence-electron chi connectivity index (χ1n) is 15.3. The third-order valence-corrected chi connectivity index (χ3v) is 7.40. The predicted octanol–water partition coefficient (Wildman–Crippen LogP) is 11.5. The van der Waals surface area contributed by atoms with Crippen molar-refractivity contribution in [1.82, 2.24) is 4.98 Å². The molecular weight excluding hydrogens is 606 g/mol. The number of rotatable bonds is 8. The molecule has 0 N–H and O–H groups in total. The third kappa shape index (κ3) is 9.93. The molecule has 0 atom stereocenters. The van der Waals surface area contributed by atoms with E-state index >= 15 is 0 Å². The summed E-state index contributed by atoms with van der Waals surface area (Å²) in [5.74, 6) is 1.61. The maximum absolute atomic E-state index is 5.15. The maximum Gasteiger partial charge on any atom is 0.0849 e. The molecule has 0 amide bonds. The van der Waals surface area contributed by atoms with Crippen molar-refractivity contribution in [1.29, 1.82) is 0 Å². The largest absolute Gasteiger partial charge is 0.251 e. The zero-order valence-corrected chi connectivity index (χ0v) is 29.7. The Morgan fingerprint density at radius 2 is 0.698 bits per heavy atom. The molecule has 3 nitrogen and oxygen atoms in total. The minimum atomic E-state index is 0. The molecule has 0 aliphatic rings. The van der Waals surface area contributed by atoms with Gasteiger partial charge in [-0.05, 0) is 71.9 Å². The van der Waals surface area contributed by atoms with Crippen LogP contribution in [-0.2, 0) is 21.1 Å². The van der Waals surface area contributed by atoms with Gasteiger partial charge in [0.05, 0.1) is 34.2 Å². The molecule has 4 rings (SSSR count). The van der Waals surface area contributed by atoms with E-state index in [0.29, 0.717) is 23.7 Å². The molecule has 0 saturated heterocycles. The van der Waals surface area contributed by atoms with E-state index in [1.54, 1.807) is 0 Å². The van der Waals surface area contributed by atoms with Crippen molar-refractivity contribution < 1.29 is 21.1 Å². The molecule has 4 aromatic rings. The topological polar surface area (TPSA) is 37.6 Å². The molecule has 0 spiro atoms. The van der Waals surface area contributed by atoms with E-state index in [-0.39, 0.29) is 21.1 Å². The molecule has 0 radical (unpaired) electrons. The number of hydrogen-bond acceptors (Lipinski definition) is 3. The summed E-state index contributed by atoms with van der Waals surface area (Å²) in [5.41, 5.74) is 10.9. The van der Waals surface area contributed by atoms with Crippen LogP contribution < -0.4 is 0 Å². The van der Waals surface area contributed by atoms with Gasteiger partial charge in [0.2, 0.25) is 0 Å². The SMILES string of the molecule is CC(=Nc1c(C(C)C)cccc1C(C)C)c1cccc(C(C)=Nc2c(C(C)C)cccc2C(C)C)n1.[Mo].c1ccccc1. The zero-order chi connectivity index (χ0) is 30.8. The van der Waals surface area contributed by atoms with Crippen molar-refractivity contribution in [2.24, 2.45) is 9.98 Å². The van der Waals surface area contributed by atoms with Crippen molar-refractivity contribution in [3.8, 4) is 0 Å². The van der Waals surface area contributed by atoms with Crippen LogP contribution in [0.25, 0.3) is 0 Å². The van der Waals surface area contributed by atoms with E-state index in [1.807, 2.05) is 48.5 Å². The van der Waals surface area contributed by atoms with Gasteiger partial charge in [-0.15, -0.1) is 0 Å². The molecule has 0 aliphatic carbocycles. The number of benzene rings is 3. The molecule has 4 heteroatoms. The Morgan fingerprint density at radius 3 is 0.953 bits per heavy atom. The Bertz CT molecular complexity index is 1320. The second-order valence-corrected chi connectivity index (χ2v) is 12.1. The van der Waals surface area contributed by atoms with Crippen LogP contribution >= 0.6 is 0 Å². The van der Waals surface area contributed by atoms with Gasteiger partial charge in [-0.3, -0.25) is 9.98 Å². The fourth-order valence-electron chi connectivity index (χ4n) is 4.95. The summed E-state index contributed by atoms with van der Waals surface area (Å²) in [6.07, 6.45) is 0. The first kappa shape index (κ1) is 36.0. The van der Waals surface area contributed by atoms with Crippen molar-refractivity contribution in [2.45, 2.75) is 92.9 Å². The van der Waals surface area contributed by atoms with Gasteiger partial charge in [0.1, 0.15) is 0 Å². The van der Waals surface area contributed by atoms with Crippen molar-refractivity contribution in [3.05, 3.63) is 125 Å². The van der Waals surface area contributed by atoms with Crippen LogP contribution in [0.5, 0.6) is 0 Å². The van der Waals surface area contributed by atoms with Gasteiger partial charge < -0.3 is 0 Å². The maximum atomic E-state index is 5.15. The number of nitrogens with zero attached hydrogens (tertiary/aromatic N) is 3. The first-order valence-corrected chi connectivity index (χ1v) is 15.3. The number of para-hydroxylation sites is 2. The molecular formula is C39H49MoN3. The average molecular weight is 656 g/mol. The van der Waals surface area contributed by atoms with Crippen molar-refractivity contribution in [3.63, 3.8) is 0 Å². The summed E-state index contributed by atoms with van der Waals surface area (Å²) in [6, 6.07) is 31.2. The van der Waals surface area contributed by atoms with E-state index in [9.17, 15) is 0 Å². The van der Waals surface area contributed by atoms with Crippen LogP contribution in [0.1, 0.15) is 127 Å². The van der Waals surface area contributed by atoms with Crippen LogP contribution in [0.15, 0.2) is 101 Å². The fourth-order valence-corrected chi connectivity index (χ4v) is 4.95. The molecule has 0 aliphatic heterocycles. The van der Waals surface area contributed by atoms with Gasteiger partial charge in [-0.1, -0.05) is 134 Å². The summed E-state index contributed by atoms with van der Waals surface area (Å²) in [5, 5.41) is 0. The van der Waals surface area contributed by atoms with Crippen LogP contribution in [0, 0.1) is 0 Å². The summed E-state index contributed by atoms with van der Waals surface area (Å²) < 4.78 is 0. The minimum Gasteiger partial charge on any atom is -0.251 e. The molecule has 226 valence electrons. The first-order chi connectivity index (χ1) is 20.0. The quantitative estimate of drug-likeness (QED) is 0.137. The van der Waals surface area contributed by atoms with Gasteiger partial charge >= 0.3 is 0 Å². The van der Waals surface area contributed by atoms with Gasteiger partial charge in [0.15, 0.2) is 0 Å². The van der Waals surface area contributed by atoms with E-state index in [1.165, 1.54) is 22.3 Å². The number of pyridine rings is 1. The Balaban J connectivity index is 0.000000820. The molecule has 1 aromatic heterocycles. The zero-order valence-electron chi connectivity index (χ0n) is 27.7. The van der Waals surface area contributed by atoms with Gasteiger partial charge in [0, 0.05) is 21.1 Å². The molecule has 0 fully saturated rings. The van der Waals surface area contributed by atoms with Gasteiger partial charge in [-0.2, -0.15) is 0 Å². The average Bonchev–Trinajstić information content (AvgIpc) is 2.98. The summed E-state index contributed by atoms with van der Waals surface area (Å²) >= 11 is 0. The Labute approximate surface area is 275 Å². The molecule has 43 heavy (non-hydrogen) atoms. The Morgan fingerprint density at radius 1 is 0.442 bits per heavy atom. The van der Waals surface area contributed by atoms with E-state index < -0.39 is 0 Å².